The Morgan fingerprint density at radius 1 is 1.20 bits per heavy atom. The van der Waals surface area contributed by atoms with Crippen LogP contribution in [0.1, 0.15) is 63.9 Å². The number of fused-ring (bicyclic) bond motifs is 8. The third-order valence-corrected chi connectivity index (χ3v) is 13.2. The predicted octanol–water partition coefficient (Wildman–Crippen LogP) is 6.21. The van der Waals surface area contributed by atoms with Crippen molar-refractivity contribution in [3.05, 3.63) is 58.2 Å². The fourth-order valence-electron chi connectivity index (χ4n) is 8.80. The molecule has 6 bridgehead atoms. The number of benzene rings is 1. The molecule has 8 atom stereocenters. The number of rotatable bonds is 6. The van der Waals surface area contributed by atoms with Gasteiger partial charge in [0, 0.05) is 71.6 Å². The lowest BCUT2D eigenvalue weighted by atomic mass is 9.84. The number of carbonyl (C=O) groups excluding carboxylic acids is 3. The van der Waals surface area contributed by atoms with E-state index in [1.807, 2.05) is 52.1 Å². The number of halogens is 2. The molecule has 2 amide bonds. The lowest BCUT2D eigenvalue weighted by Gasteiger charge is -2.34. The van der Waals surface area contributed by atoms with Gasteiger partial charge < -0.3 is 19.4 Å². The van der Waals surface area contributed by atoms with Crippen molar-refractivity contribution in [2.24, 2.45) is 35.0 Å². The molecule has 1 unspecified atom stereocenters. The van der Waals surface area contributed by atoms with Gasteiger partial charge in [0.25, 0.3) is 11.8 Å². The van der Waals surface area contributed by atoms with Gasteiger partial charge in [0.2, 0.25) is 5.91 Å². The lowest BCUT2D eigenvalue weighted by molar-refractivity contribution is -0.156. The van der Waals surface area contributed by atoms with Crippen LogP contribution in [0, 0.1) is 35.0 Å². The minimum Gasteiger partial charge on any atom is -0.464 e. The summed E-state index contributed by atoms with van der Waals surface area (Å²) in [6.45, 7) is 12.3. The number of nitrogens with zero attached hydrogens (tertiary/aromatic N) is 4. The third kappa shape index (κ3) is 6.53. The van der Waals surface area contributed by atoms with Crippen LogP contribution in [0.2, 0.25) is 0 Å². The number of amides is 2. The second-order valence-electron chi connectivity index (χ2n) is 16.6. The van der Waals surface area contributed by atoms with Crippen LogP contribution in [-0.4, -0.2) is 75.6 Å². The van der Waals surface area contributed by atoms with Crippen LogP contribution < -0.4 is 10.7 Å². The first-order valence-corrected chi connectivity index (χ1v) is 20.0. The van der Waals surface area contributed by atoms with E-state index in [0.29, 0.717) is 18.0 Å². The van der Waals surface area contributed by atoms with Gasteiger partial charge in [0.1, 0.15) is 12.1 Å². The Balaban J connectivity index is 1.26. The number of aromatic nitrogens is 3. The summed E-state index contributed by atoms with van der Waals surface area (Å²) in [5.74, 6) is -7.28. The highest BCUT2D eigenvalue weighted by molar-refractivity contribution is 7.10. The Morgan fingerprint density at radius 3 is 2.67 bits per heavy atom. The van der Waals surface area contributed by atoms with Crippen LogP contribution in [0.4, 0.5) is 8.78 Å². The van der Waals surface area contributed by atoms with Gasteiger partial charge in [-0.2, -0.15) is 0 Å². The number of esters is 1. The number of pyridine rings is 1. The molecule has 2 saturated carbocycles. The molecule has 55 heavy (non-hydrogen) atoms. The van der Waals surface area contributed by atoms with E-state index in [1.165, 1.54) is 11.3 Å². The number of hydrogen-bond donors (Lipinski definition) is 2. The molecule has 14 heteroatoms. The summed E-state index contributed by atoms with van der Waals surface area (Å²) in [6, 6.07) is 7.71. The maximum Gasteiger partial charge on any atom is 0.325 e. The Hall–Kier alpha value is -4.27. The van der Waals surface area contributed by atoms with E-state index in [4.69, 9.17) is 19.4 Å². The molecule has 3 aromatic heterocycles. The Labute approximate surface area is 323 Å². The molecule has 5 heterocycles. The van der Waals surface area contributed by atoms with Crippen molar-refractivity contribution in [1.82, 2.24) is 30.3 Å². The maximum atomic E-state index is 15.3. The molecule has 2 aliphatic carbocycles. The first-order valence-electron chi connectivity index (χ1n) is 19.2. The van der Waals surface area contributed by atoms with E-state index >= 15 is 8.78 Å². The highest BCUT2D eigenvalue weighted by Gasteiger charge is 2.75. The number of thiazole rings is 1. The first-order chi connectivity index (χ1) is 26.1. The molecular weight excluding hydrogens is 727 g/mol. The highest BCUT2D eigenvalue weighted by Crippen LogP contribution is 2.59. The average Bonchev–Trinajstić information content (AvgIpc) is 3.73. The van der Waals surface area contributed by atoms with Crippen molar-refractivity contribution >= 4 is 40.0 Å². The van der Waals surface area contributed by atoms with Gasteiger partial charge >= 0.3 is 5.97 Å². The Kier molecular flexibility index (Phi) is 9.40. The van der Waals surface area contributed by atoms with Gasteiger partial charge in [-0.25, -0.2) is 19.2 Å². The van der Waals surface area contributed by atoms with Crippen molar-refractivity contribution in [2.75, 3.05) is 20.3 Å². The molecular formula is C41H48F2N6O5S. The summed E-state index contributed by atoms with van der Waals surface area (Å²) >= 11 is 1.37. The summed E-state index contributed by atoms with van der Waals surface area (Å²) in [7, 11) is 1.66. The summed E-state index contributed by atoms with van der Waals surface area (Å²) in [6.07, 6.45) is 2.01. The molecule has 1 saturated heterocycles. The van der Waals surface area contributed by atoms with Crippen molar-refractivity contribution < 1.29 is 32.6 Å². The standard InChI is InChI=1S/C41H48F2N6O5S/c1-8-48-30-12-11-23-14-25(30)26(36(48)24-10-9-13-44-34(24)22(4)53-7)16-40(5,6)19-54-39(52)35-33-27(41(33,42)43)17-49(47-35)38(51)28(15-31-45-29(23)18-55-31)46-37(50)32-20(2)21(32)3/h9-14,18,20-22,27-28,32-33,35,47H,8,15-17,19H2,1-7H3,(H,46,50)/t20-,21+,22-,27+,28-,32?,33+,35-/m0/s1. The van der Waals surface area contributed by atoms with E-state index < -0.39 is 47.1 Å². The number of cyclic esters (lactones) is 1. The quantitative estimate of drug-likeness (QED) is 0.222. The van der Waals surface area contributed by atoms with Crippen LogP contribution in [0.3, 0.4) is 0 Å². The van der Waals surface area contributed by atoms with Crippen LogP contribution >= 0.6 is 11.3 Å². The molecule has 4 aromatic rings. The number of hydrogen-bond acceptors (Lipinski definition) is 9. The van der Waals surface area contributed by atoms with Crippen LogP contribution in [0.25, 0.3) is 33.4 Å². The number of carbonyl (C=O) groups is 3. The van der Waals surface area contributed by atoms with Crippen LogP contribution in [0.15, 0.2) is 41.9 Å². The van der Waals surface area contributed by atoms with Crippen molar-refractivity contribution in [1.29, 1.82) is 0 Å². The fourth-order valence-corrected chi connectivity index (χ4v) is 9.65. The second kappa shape index (κ2) is 13.7. The number of methoxy groups -OCH3 is 1. The van der Waals surface area contributed by atoms with Crippen LogP contribution in [0.5, 0.6) is 0 Å². The molecule has 11 nitrogen and oxygen atoms in total. The third-order valence-electron chi connectivity index (χ3n) is 12.4. The minimum atomic E-state index is -3.16. The summed E-state index contributed by atoms with van der Waals surface area (Å²) in [4.78, 5) is 51.1. The zero-order valence-corrected chi connectivity index (χ0v) is 33.0. The van der Waals surface area contributed by atoms with Crippen molar-refractivity contribution in [3.8, 4) is 22.5 Å². The van der Waals surface area contributed by atoms with Crippen LogP contribution in [-0.2, 0) is 43.2 Å². The molecule has 0 radical (unpaired) electrons. The summed E-state index contributed by atoms with van der Waals surface area (Å²) in [5, 5.41) is 7.57. The van der Waals surface area contributed by atoms with Gasteiger partial charge in [-0.15, -0.1) is 11.3 Å². The van der Waals surface area contributed by atoms with Gasteiger partial charge in [-0.05, 0) is 61.9 Å². The van der Waals surface area contributed by atoms with E-state index in [-0.39, 0.29) is 49.3 Å². The zero-order chi connectivity index (χ0) is 39.1. The number of ether oxygens (including phenoxy) is 2. The molecule has 2 N–H and O–H groups in total. The average molecular weight is 775 g/mol. The normalized spacial score (nSPS) is 28.9. The van der Waals surface area contributed by atoms with Gasteiger partial charge in [-0.1, -0.05) is 33.8 Å². The summed E-state index contributed by atoms with van der Waals surface area (Å²) < 4.78 is 44.5. The molecule has 2 aliphatic heterocycles. The van der Waals surface area contributed by atoms with Gasteiger partial charge in [0.15, 0.2) is 0 Å². The van der Waals surface area contributed by atoms with Crippen molar-refractivity contribution in [3.63, 3.8) is 0 Å². The second-order valence-corrected chi connectivity index (χ2v) is 17.5. The Bertz CT molecular complexity index is 2180. The largest absolute Gasteiger partial charge is 0.464 e. The number of nitrogens with one attached hydrogen (secondary N) is 2. The van der Waals surface area contributed by atoms with E-state index in [9.17, 15) is 14.4 Å². The van der Waals surface area contributed by atoms with Gasteiger partial charge in [-0.3, -0.25) is 24.4 Å². The maximum absolute atomic E-state index is 15.3. The molecule has 0 spiro atoms. The fraction of sp³-hybridized carbons (Fsp3) is 0.537. The van der Waals surface area contributed by atoms with E-state index in [1.54, 1.807) is 13.3 Å². The molecule has 3 fully saturated rings. The number of alkyl halides is 2. The monoisotopic (exact) mass is 774 g/mol. The Morgan fingerprint density at radius 2 is 1.96 bits per heavy atom. The van der Waals surface area contributed by atoms with Crippen molar-refractivity contribution in [2.45, 2.75) is 85.0 Å². The number of hydrazine groups is 1. The SMILES string of the molecule is CCn1c(-c2cccnc2[C@H](C)OC)c2c3cc(ccc31)-c1csc(n1)C[C@H](NC(=O)C1[C@@H](C)[C@H]1C)C(=O)N1C[C@@H]3[C@H]([C@H](N1)C(=O)OCC(C)(C)C2)C3(F)F. The smallest absolute Gasteiger partial charge is 0.325 e. The first kappa shape index (κ1) is 37.6. The molecule has 292 valence electrons. The highest BCUT2D eigenvalue weighted by atomic mass is 32.1. The summed E-state index contributed by atoms with van der Waals surface area (Å²) in [5.41, 5.74) is 8.53. The lowest BCUT2D eigenvalue weighted by Crippen LogP contribution is -2.61. The predicted molar refractivity (Wildman–Crippen MR) is 204 cm³/mol. The molecule has 4 aliphatic rings. The molecule has 8 rings (SSSR count). The van der Waals surface area contributed by atoms with E-state index in [2.05, 4.69) is 40.4 Å². The molecule has 1 aromatic carbocycles. The van der Waals surface area contributed by atoms with Gasteiger partial charge in [0.05, 0.1) is 46.6 Å². The van der Waals surface area contributed by atoms with E-state index in [0.717, 1.165) is 49.7 Å². The topological polar surface area (TPSA) is 128 Å². The zero-order valence-electron chi connectivity index (χ0n) is 32.2. The minimum absolute atomic E-state index is 0.0564. The number of aryl methyl sites for hydroxylation is 1.